The van der Waals surface area contributed by atoms with Crippen molar-refractivity contribution in [3.8, 4) is 17.3 Å². The molecule has 4 atom stereocenters. The van der Waals surface area contributed by atoms with Crippen molar-refractivity contribution in [3.63, 3.8) is 0 Å². The summed E-state index contributed by atoms with van der Waals surface area (Å²) >= 11 is 0. The number of aromatic nitrogens is 5. The molecule has 48 heavy (non-hydrogen) atoms. The molecule has 3 fully saturated rings. The minimum Gasteiger partial charge on any atom is -0.482 e. The molecule has 3 aliphatic rings. The van der Waals surface area contributed by atoms with Crippen molar-refractivity contribution < 1.29 is 14.3 Å². The Bertz CT molecular complexity index is 2030. The smallest absolute Gasteiger partial charge is 0.315 e. The monoisotopic (exact) mass is 647 g/mol. The van der Waals surface area contributed by atoms with Gasteiger partial charge in [-0.2, -0.15) is 0 Å². The number of carbonyl (C=O) groups is 2. The molecule has 0 spiro atoms. The molecule has 0 aromatic carbocycles. The van der Waals surface area contributed by atoms with Gasteiger partial charge in [-0.05, 0) is 93.8 Å². The fraction of sp³-hybridized carbons (Fsp3) is 0.417. The predicted molar refractivity (Wildman–Crippen MR) is 182 cm³/mol. The molecule has 5 aromatic rings. The summed E-state index contributed by atoms with van der Waals surface area (Å²) in [7, 11) is 1.63. The number of nitrogens with zero attached hydrogens (tertiary/aromatic N) is 6. The summed E-state index contributed by atoms with van der Waals surface area (Å²) in [6.45, 7) is 5.21. The van der Waals surface area contributed by atoms with Gasteiger partial charge in [0.25, 0.3) is 5.91 Å². The molecule has 0 unspecified atom stereocenters. The van der Waals surface area contributed by atoms with Crippen LogP contribution >= 0.6 is 0 Å². The van der Waals surface area contributed by atoms with E-state index in [4.69, 9.17) is 20.4 Å². The Labute approximate surface area is 278 Å². The van der Waals surface area contributed by atoms with Gasteiger partial charge in [-0.25, -0.2) is 14.8 Å². The highest BCUT2D eigenvalue weighted by Crippen LogP contribution is 2.40. The van der Waals surface area contributed by atoms with E-state index in [0.717, 1.165) is 65.2 Å². The van der Waals surface area contributed by atoms with Gasteiger partial charge in [-0.1, -0.05) is 0 Å². The van der Waals surface area contributed by atoms with E-state index < -0.39 is 0 Å². The van der Waals surface area contributed by atoms with Gasteiger partial charge >= 0.3 is 6.03 Å². The van der Waals surface area contributed by atoms with Gasteiger partial charge < -0.3 is 30.6 Å². The van der Waals surface area contributed by atoms with Crippen molar-refractivity contribution in [2.45, 2.75) is 83.2 Å². The minimum absolute atomic E-state index is 0.00759. The lowest BCUT2D eigenvalue weighted by molar-refractivity contribution is 0.0726. The molecular formula is C36H41N9O3. The summed E-state index contributed by atoms with van der Waals surface area (Å²) in [5.74, 6) is 1.14. The first-order chi connectivity index (χ1) is 23.3. The summed E-state index contributed by atoms with van der Waals surface area (Å²) in [5.41, 5.74) is 12.9. The molecular weight excluding hydrogens is 606 g/mol. The Morgan fingerprint density at radius 3 is 2.58 bits per heavy atom. The number of ether oxygens (including phenoxy) is 1. The van der Waals surface area contributed by atoms with E-state index in [1.165, 1.54) is 12.8 Å². The maximum atomic E-state index is 13.8. The van der Waals surface area contributed by atoms with E-state index >= 15 is 0 Å². The number of rotatable bonds is 9. The predicted octanol–water partition coefficient (Wildman–Crippen LogP) is 4.74. The second-order valence-corrected chi connectivity index (χ2v) is 13.6. The number of urea groups is 1. The van der Waals surface area contributed by atoms with Crippen LogP contribution < -0.4 is 21.1 Å². The van der Waals surface area contributed by atoms with Gasteiger partial charge in [0, 0.05) is 60.6 Å². The number of amides is 3. The highest BCUT2D eigenvalue weighted by atomic mass is 16.5. The molecule has 2 saturated heterocycles. The number of hydrogen-bond donors (Lipinski definition) is 3. The first-order valence-electron chi connectivity index (χ1n) is 16.9. The van der Waals surface area contributed by atoms with E-state index in [2.05, 4.69) is 32.3 Å². The lowest BCUT2D eigenvalue weighted by Gasteiger charge is -2.23. The highest BCUT2D eigenvalue weighted by Gasteiger charge is 2.47. The van der Waals surface area contributed by atoms with Gasteiger partial charge in [-0.15, -0.1) is 0 Å². The number of fused-ring (bicyclic) bond motifs is 4. The van der Waals surface area contributed by atoms with Crippen molar-refractivity contribution >= 4 is 28.6 Å². The Morgan fingerprint density at radius 1 is 1.06 bits per heavy atom. The van der Waals surface area contributed by atoms with Crippen molar-refractivity contribution in [3.05, 3.63) is 77.4 Å². The summed E-state index contributed by atoms with van der Waals surface area (Å²) in [6, 6.07) is 13.4. The van der Waals surface area contributed by atoms with Gasteiger partial charge in [0.15, 0.2) is 5.88 Å². The molecule has 5 aromatic heterocycles. The second-order valence-electron chi connectivity index (χ2n) is 13.6. The van der Waals surface area contributed by atoms with E-state index in [1.54, 1.807) is 19.5 Å². The standard InChI is InChI=1S/C36H41N9O3/c1-20(40-36(47)39-18-22-10-12-38-13-11-22)28-8-6-24-14-30(43(34(24)41-28)19-23-4-5-23)33-21(2)44-31(42-33)15-25(16-32(44)48-3)35(46)45-26-7-9-29(45)27(37)17-26/h6,8,10-16,20,23,26-27,29H,4-5,7,9,17-19,37H2,1-3H3,(H2,39,40,47)/t20-,26+,27-,29-/m1/s1. The molecule has 1 saturated carbocycles. The molecule has 12 nitrogen and oxygen atoms in total. The van der Waals surface area contributed by atoms with Crippen LogP contribution in [0.15, 0.2) is 54.9 Å². The third-order valence-corrected chi connectivity index (χ3v) is 10.3. The van der Waals surface area contributed by atoms with Gasteiger partial charge in [0.1, 0.15) is 17.0 Å². The number of pyridine rings is 3. The molecule has 248 valence electrons. The van der Waals surface area contributed by atoms with Crippen LogP contribution in [0.3, 0.4) is 0 Å². The fourth-order valence-electron chi connectivity index (χ4n) is 7.62. The number of methoxy groups -OCH3 is 1. The Hall–Kier alpha value is -4.97. The zero-order chi connectivity index (χ0) is 33.1. The summed E-state index contributed by atoms with van der Waals surface area (Å²) in [5, 5.41) is 6.94. The van der Waals surface area contributed by atoms with Crippen molar-refractivity contribution in [2.24, 2.45) is 11.7 Å². The largest absolute Gasteiger partial charge is 0.482 e. The van der Waals surface area contributed by atoms with Crippen LogP contribution in [0.1, 0.15) is 72.4 Å². The Kier molecular flexibility index (Phi) is 7.54. The summed E-state index contributed by atoms with van der Waals surface area (Å²) in [6.07, 6.45) is 8.60. The minimum atomic E-state index is -0.308. The van der Waals surface area contributed by atoms with Gasteiger partial charge in [0.05, 0.1) is 30.2 Å². The van der Waals surface area contributed by atoms with Crippen molar-refractivity contribution in [2.75, 3.05) is 7.11 Å². The molecule has 7 heterocycles. The number of carbonyl (C=O) groups excluding carboxylic acids is 2. The molecule has 0 radical (unpaired) electrons. The summed E-state index contributed by atoms with van der Waals surface area (Å²) < 4.78 is 10.1. The quantitative estimate of drug-likeness (QED) is 0.210. The van der Waals surface area contributed by atoms with Crippen LogP contribution in [0.25, 0.3) is 28.1 Å². The maximum Gasteiger partial charge on any atom is 0.315 e. The van der Waals surface area contributed by atoms with Gasteiger partial charge in [-0.3, -0.25) is 14.2 Å². The van der Waals surface area contributed by atoms with Crippen molar-refractivity contribution in [1.29, 1.82) is 0 Å². The zero-order valence-corrected chi connectivity index (χ0v) is 27.5. The molecule has 2 bridgehead atoms. The third kappa shape index (κ3) is 5.33. The second kappa shape index (κ2) is 11.9. The summed E-state index contributed by atoms with van der Waals surface area (Å²) in [4.78, 5) is 42.8. The first kappa shape index (κ1) is 30.4. The number of nitrogens with two attached hydrogens (primary N) is 1. The van der Waals surface area contributed by atoms with E-state index in [1.807, 2.05) is 53.5 Å². The van der Waals surface area contributed by atoms with E-state index in [-0.39, 0.29) is 36.1 Å². The van der Waals surface area contributed by atoms with E-state index in [0.29, 0.717) is 29.6 Å². The van der Waals surface area contributed by atoms with Crippen LogP contribution in [-0.2, 0) is 13.1 Å². The van der Waals surface area contributed by atoms with Crippen LogP contribution in [0.5, 0.6) is 5.88 Å². The average Bonchev–Trinajstić information content (AvgIpc) is 3.41. The highest BCUT2D eigenvalue weighted by molar-refractivity contribution is 5.97. The van der Waals surface area contributed by atoms with Crippen LogP contribution in [0.2, 0.25) is 0 Å². The molecule has 3 amide bonds. The lowest BCUT2D eigenvalue weighted by atomic mass is 9.97. The van der Waals surface area contributed by atoms with Gasteiger partial charge in [0.2, 0.25) is 0 Å². The third-order valence-electron chi connectivity index (χ3n) is 10.3. The van der Waals surface area contributed by atoms with Crippen LogP contribution in [0, 0.1) is 12.8 Å². The Morgan fingerprint density at radius 2 is 1.88 bits per heavy atom. The molecule has 8 rings (SSSR count). The van der Waals surface area contributed by atoms with Crippen LogP contribution in [0.4, 0.5) is 4.79 Å². The Balaban J connectivity index is 1.12. The molecule has 12 heteroatoms. The number of nitrogens with one attached hydrogen (secondary N) is 2. The normalized spacial score (nSPS) is 20.8. The fourth-order valence-corrected chi connectivity index (χ4v) is 7.62. The number of imidazole rings is 1. The van der Waals surface area contributed by atoms with Crippen molar-refractivity contribution in [1.82, 2.24) is 39.5 Å². The average molecular weight is 648 g/mol. The number of aryl methyl sites for hydroxylation is 1. The molecule has 1 aliphatic carbocycles. The molecule has 4 N–H and O–H groups in total. The number of hydrogen-bond acceptors (Lipinski definition) is 7. The van der Waals surface area contributed by atoms with E-state index in [9.17, 15) is 9.59 Å². The SMILES string of the molecule is COc1cc(C(=O)N2[C@H]3CC[C@@H]2[C@H](N)C3)cc2nc(-c3cc4ccc([C@@H](C)NC(=O)NCc5ccncc5)nc4n3CC3CC3)c(C)n12. The van der Waals surface area contributed by atoms with Crippen LogP contribution in [-0.4, -0.2) is 66.0 Å². The zero-order valence-electron chi connectivity index (χ0n) is 27.5. The maximum absolute atomic E-state index is 13.8. The topological polar surface area (TPSA) is 145 Å². The lowest BCUT2D eigenvalue weighted by Crippen LogP contribution is -2.40. The molecule has 2 aliphatic heterocycles. The first-order valence-corrected chi connectivity index (χ1v) is 16.9.